The van der Waals surface area contributed by atoms with E-state index >= 15 is 0 Å². The molecule has 6 heteroatoms. The van der Waals surface area contributed by atoms with Gasteiger partial charge in [-0.05, 0) is 37.1 Å². The molecule has 0 bridgehead atoms. The van der Waals surface area contributed by atoms with Gasteiger partial charge in [0.2, 0.25) is 6.79 Å². The molecule has 0 fully saturated rings. The molecular weight excluding hydrogens is 322 g/mol. The van der Waals surface area contributed by atoms with Crippen LogP contribution < -0.4 is 9.47 Å². The van der Waals surface area contributed by atoms with Crippen molar-refractivity contribution in [1.29, 1.82) is 0 Å². The van der Waals surface area contributed by atoms with Crippen molar-refractivity contribution in [2.45, 2.75) is 26.7 Å². The number of hydrogen-bond acceptors (Lipinski definition) is 5. The molecule has 2 aliphatic rings. The Labute approximate surface area is 146 Å². The van der Waals surface area contributed by atoms with Crippen molar-refractivity contribution in [1.82, 2.24) is 4.90 Å². The molecule has 0 spiro atoms. The fraction of sp³-hybridized carbons (Fsp3) is 0.368. The third kappa shape index (κ3) is 3.12. The zero-order valence-electron chi connectivity index (χ0n) is 14.6. The summed E-state index contributed by atoms with van der Waals surface area (Å²) in [6.07, 6.45) is 3.53. The minimum absolute atomic E-state index is 0.177. The van der Waals surface area contributed by atoms with Crippen LogP contribution in [0.5, 0.6) is 11.5 Å². The predicted molar refractivity (Wildman–Crippen MR) is 91.9 cm³/mol. The number of esters is 1. The smallest absolute Gasteiger partial charge is 0.340 e. The van der Waals surface area contributed by atoms with Crippen LogP contribution in [0, 0.1) is 0 Å². The van der Waals surface area contributed by atoms with Crippen LogP contribution in [-0.2, 0) is 14.3 Å². The molecule has 0 saturated carbocycles. The number of carbonyl (C=O) groups is 2. The van der Waals surface area contributed by atoms with E-state index in [1.807, 2.05) is 6.07 Å². The van der Waals surface area contributed by atoms with E-state index in [4.69, 9.17) is 14.2 Å². The minimum Gasteiger partial charge on any atom is -0.465 e. The normalized spacial score (nSPS) is 17.6. The van der Waals surface area contributed by atoms with Crippen molar-refractivity contribution in [3.63, 3.8) is 0 Å². The number of allylic oxidation sites excluding steroid dienone is 1. The molecule has 0 atom stereocenters. The van der Waals surface area contributed by atoms with Crippen molar-refractivity contribution >= 4 is 18.0 Å². The second-order valence-corrected chi connectivity index (χ2v) is 5.93. The largest absolute Gasteiger partial charge is 0.465 e. The lowest BCUT2D eigenvalue weighted by Crippen LogP contribution is -2.26. The highest BCUT2D eigenvalue weighted by atomic mass is 16.7. The monoisotopic (exact) mass is 343 g/mol. The molecule has 0 aromatic heterocycles. The first kappa shape index (κ1) is 17.1. The summed E-state index contributed by atoms with van der Waals surface area (Å²) in [5.74, 6) is 0.619. The number of carbonyl (C=O) groups excluding carboxylic acids is 2. The zero-order chi connectivity index (χ0) is 18.0. The molecule has 6 nitrogen and oxygen atoms in total. The number of unbranched alkanes of at least 4 members (excludes halogenated alkanes) is 1. The molecule has 0 saturated heterocycles. The van der Waals surface area contributed by atoms with Gasteiger partial charge in [0.05, 0.1) is 18.3 Å². The molecule has 0 N–H and O–H groups in total. The Morgan fingerprint density at radius 1 is 1.32 bits per heavy atom. The molecule has 0 radical (unpaired) electrons. The number of benzene rings is 1. The fourth-order valence-electron chi connectivity index (χ4n) is 2.98. The van der Waals surface area contributed by atoms with Crippen molar-refractivity contribution in [3.8, 4) is 11.5 Å². The highest BCUT2D eigenvalue weighted by Gasteiger charge is 2.36. The Bertz CT molecular complexity index is 778. The Kier molecular flexibility index (Phi) is 4.79. The molecule has 2 aliphatic heterocycles. The molecule has 0 aliphatic carbocycles. The van der Waals surface area contributed by atoms with Gasteiger partial charge in [-0.25, -0.2) is 4.79 Å². The van der Waals surface area contributed by atoms with Gasteiger partial charge in [-0.1, -0.05) is 19.4 Å². The SMILES string of the molecule is CCCCN1C(=O)/C(=C\c2ccc3c(c2)OCO3)C(C(=O)OC)=C1C. The lowest BCUT2D eigenvalue weighted by atomic mass is 10.0. The van der Waals surface area contributed by atoms with Crippen LogP contribution in [0.15, 0.2) is 35.0 Å². The van der Waals surface area contributed by atoms with E-state index in [0.717, 1.165) is 18.4 Å². The Balaban J connectivity index is 2.00. The van der Waals surface area contributed by atoms with Crippen LogP contribution in [0.4, 0.5) is 0 Å². The fourth-order valence-corrected chi connectivity index (χ4v) is 2.98. The van der Waals surface area contributed by atoms with Crippen molar-refractivity contribution in [2.24, 2.45) is 0 Å². The molecule has 0 unspecified atom stereocenters. The van der Waals surface area contributed by atoms with Gasteiger partial charge in [-0.15, -0.1) is 0 Å². The summed E-state index contributed by atoms with van der Waals surface area (Å²) in [6.45, 7) is 4.61. The lowest BCUT2D eigenvalue weighted by molar-refractivity contribution is -0.136. The summed E-state index contributed by atoms with van der Waals surface area (Å²) >= 11 is 0. The number of fused-ring (bicyclic) bond motifs is 1. The van der Waals surface area contributed by atoms with Crippen molar-refractivity contribution < 1.29 is 23.8 Å². The summed E-state index contributed by atoms with van der Waals surface area (Å²) in [5.41, 5.74) is 2.07. The molecule has 1 aromatic rings. The maximum Gasteiger partial charge on any atom is 0.340 e. The van der Waals surface area contributed by atoms with E-state index in [9.17, 15) is 9.59 Å². The number of hydrogen-bond donors (Lipinski definition) is 0. The van der Waals surface area contributed by atoms with Gasteiger partial charge in [-0.2, -0.15) is 0 Å². The van der Waals surface area contributed by atoms with E-state index in [1.54, 1.807) is 30.0 Å². The van der Waals surface area contributed by atoms with Crippen LogP contribution in [0.1, 0.15) is 32.3 Å². The molecule has 25 heavy (non-hydrogen) atoms. The minimum atomic E-state index is -0.503. The molecule has 1 amide bonds. The van der Waals surface area contributed by atoms with E-state index < -0.39 is 5.97 Å². The van der Waals surface area contributed by atoms with E-state index in [0.29, 0.717) is 34.9 Å². The summed E-state index contributed by atoms with van der Waals surface area (Å²) in [7, 11) is 1.32. The van der Waals surface area contributed by atoms with Gasteiger partial charge in [0, 0.05) is 12.2 Å². The zero-order valence-corrected chi connectivity index (χ0v) is 14.6. The van der Waals surface area contributed by atoms with E-state index in [2.05, 4.69) is 6.92 Å². The highest BCUT2D eigenvalue weighted by molar-refractivity contribution is 6.16. The van der Waals surface area contributed by atoms with Crippen LogP contribution in [0.2, 0.25) is 0 Å². The number of rotatable bonds is 5. The number of nitrogens with zero attached hydrogens (tertiary/aromatic N) is 1. The molecule has 2 heterocycles. The van der Waals surface area contributed by atoms with E-state index in [-0.39, 0.29) is 12.7 Å². The van der Waals surface area contributed by atoms with Crippen molar-refractivity contribution in [3.05, 3.63) is 40.6 Å². The quantitative estimate of drug-likeness (QED) is 0.607. The maximum absolute atomic E-state index is 12.8. The topological polar surface area (TPSA) is 65.1 Å². The average molecular weight is 343 g/mol. The van der Waals surface area contributed by atoms with Crippen molar-refractivity contribution in [2.75, 3.05) is 20.4 Å². The first-order chi connectivity index (χ1) is 12.1. The van der Waals surface area contributed by atoms with Gasteiger partial charge >= 0.3 is 5.97 Å². The predicted octanol–water partition coefficient (Wildman–Crippen LogP) is 2.89. The first-order valence-corrected chi connectivity index (χ1v) is 8.29. The molecule has 132 valence electrons. The second kappa shape index (κ2) is 7.01. The van der Waals surface area contributed by atoms with E-state index in [1.165, 1.54) is 7.11 Å². The summed E-state index contributed by atoms with van der Waals surface area (Å²) in [4.78, 5) is 26.7. The standard InChI is InChI=1S/C19H21NO5/c1-4-5-8-20-12(2)17(19(22)23-3)14(18(20)21)9-13-6-7-15-16(10-13)25-11-24-15/h6-7,9-10H,4-5,8,11H2,1-3H3/b14-9-. The number of ether oxygens (including phenoxy) is 3. The maximum atomic E-state index is 12.8. The third-order valence-corrected chi connectivity index (χ3v) is 4.34. The lowest BCUT2D eigenvalue weighted by Gasteiger charge is -2.17. The average Bonchev–Trinajstić information content (AvgIpc) is 3.16. The summed E-state index contributed by atoms with van der Waals surface area (Å²) < 4.78 is 15.6. The Morgan fingerprint density at radius 3 is 2.80 bits per heavy atom. The highest BCUT2D eigenvalue weighted by Crippen LogP contribution is 2.35. The van der Waals surface area contributed by atoms with Gasteiger partial charge in [0.15, 0.2) is 11.5 Å². The molecule has 1 aromatic carbocycles. The first-order valence-electron chi connectivity index (χ1n) is 8.29. The van der Waals surface area contributed by atoms with Crippen LogP contribution in [0.25, 0.3) is 6.08 Å². The van der Waals surface area contributed by atoms with Crippen LogP contribution >= 0.6 is 0 Å². The third-order valence-electron chi connectivity index (χ3n) is 4.34. The summed E-state index contributed by atoms with van der Waals surface area (Å²) in [6, 6.07) is 5.41. The van der Waals surface area contributed by atoms with Gasteiger partial charge in [-0.3, -0.25) is 4.79 Å². The van der Waals surface area contributed by atoms with Gasteiger partial charge in [0.25, 0.3) is 5.91 Å². The second-order valence-electron chi connectivity index (χ2n) is 5.93. The molecule has 3 rings (SSSR count). The number of methoxy groups -OCH3 is 1. The summed E-state index contributed by atoms with van der Waals surface area (Å²) in [5, 5.41) is 0. The van der Waals surface area contributed by atoms with Gasteiger partial charge < -0.3 is 19.1 Å². The van der Waals surface area contributed by atoms with Crippen LogP contribution in [0.3, 0.4) is 0 Å². The van der Waals surface area contributed by atoms with Gasteiger partial charge in [0.1, 0.15) is 0 Å². The Hall–Kier alpha value is -2.76. The number of amides is 1. The van der Waals surface area contributed by atoms with Crippen LogP contribution in [-0.4, -0.2) is 37.2 Å². The molecular formula is C19H21NO5. The Morgan fingerprint density at radius 2 is 2.08 bits per heavy atom.